The Labute approximate surface area is 91.4 Å². The normalized spacial score (nSPS) is 19.7. The fraction of sp³-hybridized carbons (Fsp3) is 0.500. The molecule has 3 N–H and O–H groups in total. The second kappa shape index (κ2) is 3.57. The molecule has 1 heterocycles. The molecule has 6 nitrogen and oxygen atoms in total. The quantitative estimate of drug-likeness (QED) is 0.520. The van der Waals surface area contributed by atoms with Gasteiger partial charge in [0.25, 0.3) is 0 Å². The summed E-state index contributed by atoms with van der Waals surface area (Å²) in [4.78, 5) is 7.53. The summed E-state index contributed by atoms with van der Waals surface area (Å²) in [7, 11) is 0. The average Bonchev–Trinajstić information content (AvgIpc) is 2.82. The van der Waals surface area contributed by atoms with Crippen molar-refractivity contribution < 1.29 is 10.4 Å². The lowest BCUT2D eigenvalue weighted by Gasteiger charge is -2.18. The van der Waals surface area contributed by atoms with Crippen molar-refractivity contribution in [1.29, 1.82) is 0 Å². The molecule has 1 aromatic heterocycles. The SMILES string of the molecule is CC1(Nc2nc(Cl)ncc2[NH+]([O-])O)CC1. The second-order valence-electron chi connectivity index (χ2n) is 3.89. The lowest BCUT2D eigenvalue weighted by molar-refractivity contribution is -0.991. The van der Waals surface area contributed by atoms with Crippen molar-refractivity contribution in [3.63, 3.8) is 0 Å². The summed E-state index contributed by atoms with van der Waals surface area (Å²) >= 11 is 5.62. The number of rotatable bonds is 3. The van der Waals surface area contributed by atoms with E-state index >= 15 is 0 Å². The van der Waals surface area contributed by atoms with E-state index < -0.39 is 5.23 Å². The third kappa shape index (κ3) is 2.35. The lowest BCUT2D eigenvalue weighted by Crippen LogP contribution is -2.99. The molecule has 1 aliphatic carbocycles. The first-order valence-corrected chi connectivity index (χ1v) is 4.92. The van der Waals surface area contributed by atoms with Crippen molar-refractivity contribution in [3.05, 3.63) is 16.7 Å². The minimum Gasteiger partial charge on any atom is -0.595 e. The van der Waals surface area contributed by atoms with Crippen LogP contribution in [-0.4, -0.2) is 20.7 Å². The van der Waals surface area contributed by atoms with Gasteiger partial charge in [-0.1, -0.05) is 0 Å². The highest BCUT2D eigenvalue weighted by Crippen LogP contribution is 2.38. The Kier molecular flexibility index (Phi) is 2.51. The summed E-state index contributed by atoms with van der Waals surface area (Å²) in [5.41, 5.74) is 0.00883. The Morgan fingerprint density at radius 2 is 2.33 bits per heavy atom. The lowest BCUT2D eigenvalue weighted by atomic mass is 10.3. The maximum Gasteiger partial charge on any atom is 0.225 e. The maximum atomic E-state index is 10.9. The first kappa shape index (κ1) is 10.6. The number of nitrogens with one attached hydrogen (secondary N) is 2. The van der Waals surface area contributed by atoms with Crippen LogP contribution in [0.3, 0.4) is 0 Å². The molecule has 1 atom stereocenters. The number of nitrogens with zero attached hydrogens (tertiary/aromatic N) is 2. The first-order chi connectivity index (χ1) is 7.00. The van der Waals surface area contributed by atoms with Crippen LogP contribution in [0.15, 0.2) is 6.20 Å². The van der Waals surface area contributed by atoms with E-state index in [2.05, 4.69) is 15.3 Å². The van der Waals surface area contributed by atoms with E-state index in [9.17, 15) is 5.21 Å². The molecule has 1 aliphatic rings. The Balaban J connectivity index is 2.29. The molecule has 0 bridgehead atoms. The van der Waals surface area contributed by atoms with E-state index in [1.165, 1.54) is 6.20 Å². The van der Waals surface area contributed by atoms with Crippen molar-refractivity contribution in [3.8, 4) is 0 Å². The Morgan fingerprint density at radius 3 is 2.87 bits per heavy atom. The van der Waals surface area contributed by atoms with Gasteiger partial charge in [0.05, 0.1) is 6.20 Å². The van der Waals surface area contributed by atoms with Crippen molar-refractivity contribution >= 4 is 23.1 Å². The van der Waals surface area contributed by atoms with Gasteiger partial charge < -0.3 is 10.5 Å². The van der Waals surface area contributed by atoms with Gasteiger partial charge in [-0.2, -0.15) is 10.2 Å². The first-order valence-electron chi connectivity index (χ1n) is 4.54. The summed E-state index contributed by atoms with van der Waals surface area (Å²) < 4.78 is 0. The van der Waals surface area contributed by atoms with Crippen molar-refractivity contribution in [2.75, 3.05) is 5.32 Å². The smallest absolute Gasteiger partial charge is 0.225 e. The summed E-state index contributed by atoms with van der Waals surface area (Å²) in [5, 5.41) is 21.8. The summed E-state index contributed by atoms with van der Waals surface area (Å²) in [6.45, 7) is 2.01. The van der Waals surface area contributed by atoms with Crippen molar-refractivity contribution in [2.24, 2.45) is 0 Å². The number of halogens is 1. The molecule has 1 aromatic rings. The molecule has 0 saturated heterocycles. The molecule has 0 aliphatic heterocycles. The number of hydrogen-bond donors (Lipinski definition) is 3. The third-order valence-electron chi connectivity index (χ3n) is 2.41. The van der Waals surface area contributed by atoms with Gasteiger partial charge in [-0.05, 0) is 31.4 Å². The minimum absolute atomic E-state index is 0.0398. The zero-order chi connectivity index (χ0) is 11.1. The monoisotopic (exact) mass is 230 g/mol. The number of hydrogen-bond acceptors (Lipinski definition) is 5. The van der Waals surface area contributed by atoms with Crippen LogP contribution in [0.4, 0.5) is 11.5 Å². The standard InChI is InChI=1S/C8H11ClN4O2/c1-8(2-3-8)12-6-5(13(14)15)4-10-7(9)11-6/h4,13-14H,2-3H2,1H3,(H,10,11,12). The average molecular weight is 231 g/mol. The third-order valence-corrected chi connectivity index (χ3v) is 2.59. The van der Waals surface area contributed by atoms with E-state index in [0.717, 1.165) is 12.8 Å². The van der Waals surface area contributed by atoms with Gasteiger partial charge in [0.1, 0.15) is 0 Å². The second-order valence-corrected chi connectivity index (χ2v) is 4.23. The Hall–Kier alpha value is -0.950. The van der Waals surface area contributed by atoms with E-state index in [4.69, 9.17) is 16.8 Å². The highest BCUT2D eigenvalue weighted by Gasteiger charge is 2.38. The van der Waals surface area contributed by atoms with E-state index in [-0.39, 0.29) is 16.5 Å². The van der Waals surface area contributed by atoms with Crippen LogP contribution < -0.4 is 10.5 Å². The fourth-order valence-corrected chi connectivity index (χ4v) is 1.34. The Morgan fingerprint density at radius 1 is 1.67 bits per heavy atom. The van der Waals surface area contributed by atoms with Crippen molar-refractivity contribution in [2.45, 2.75) is 25.3 Å². The molecule has 0 radical (unpaired) electrons. The molecular weight excluding hydrogens is 220 g/mol. The Bertz CT molecular complexity index is 381. The van der Waals surface area contributed by atoms with E-state index in [0.29, 0.717) is 5.82 Å². The van der Waals surface area contributed by atoms with Gasteiger partial charge in [-0.15, -0.1) is 0 Å². The number of quaternary nitrogens is 1. The summed E-state index contributed by atoms with van der Waals surface area (Å²) in [5.74, 6) is 0.294. The molecule has 2 rings (SSSR count). The summed E-state index contributed by atoms with van der Waals surface area (Å²) in [6, 6.07) is 0. The molecule has 7 heteroatoms. The van der Waals surface area contributed by atoms with Crippen LogP contribution in [0, 0.1) is 5.21 Å². The molecule has 0 amide bonds. The van der Waals surface area contributed by atoms with Gasteiger partial charge in [-0.25, -0.2) is 10.2 Å². The van der Waals surface area contributed by atoms with Gasteiger partial charge in [0.2, 0.25) is 11.0 Å². The number of anilines is 1. The molecule has 1 fully saturated rings. The van der Waals surface area contributed by atoms with Crippen LogP contribution in [0.2, 0.25) is 5.28 Å². The maximum absolute atomic E-state index is 10.9. The summed E-state index contributed by atoms with van der Waals surface area (Å²) in [6.07, 6.45) is 3.23. The number of aromatic nitrogens is 2. The predicted octanol–water partition coefficient (Wildman–Crippen LogP) is 0.498. The largest absolute Gasteiger partial charge is 0.595 e. The van der Waals surface area contributed by atoms with Gasteiger partial charge in [-0.3, -0.25) is 0 Å². The van der Waals surface area contributed by atoms with Gasteiger partial charge in [0, 0.05) is 5.54 Å². The molecular formula is C8H11ClN4O2. The van der Waals surface area contributed by atoms with E-state index in [1.807, 2.05) is 6.92 Å². The molecule has 0 aromatic carbocycles. The van der Waals surface area contributed by atoms with Gasteiger partial charge in [0.15, 0.2) is 5.82 Å². The van der Waals surface area contributed by atoms with Crippen molar-refractivity contribution in [1.82, 2.24) is 9.97 Å². The zero-order valence-corrected chi connectivity index (χ0v) is 8.88. The molecule has 0 spiro atoms. The topological polar surface area (TPSA) is 85.5 Å². The molecule has 82 valence electrons. The zero-order valence-electron chi connectivity index (χ0n) is 8.12. The molecule has 15 heavy (non-hydrogen) atoms. The van der Waals surface area contributed by atoms with Crippen LogP contribution in [0.25, 0.3) is 0 Å². The molecule has 1 saturated carbocycles. The van der Waals surface area contributed by atoms with E-state index in [1.54, 1.807) is 0 Å². The van der Waals surface area contributed by atoms with Crippen LogP contribution in [-0.2, 0) is 0 Å². The molecule has 1 unspecified atom stereocenters. The highest BCUT2D eigenvalue weighted by atomic mass is 35.5. The van der Waals surface area contributed by atoms with Crippen LogP contribution in [0.1, 0.15) is 19.8 Å². The predicted molar refractivity (Wildman–Crippen MR) is 54.1 cm³/mol. The fourth-order valence-electron chi connectivity index (χ4n) is 1.21. The highest BCUT2D eigenvalue weighted by molar-refractivity contribution is 6.28. The van der Waals surface area contributed by atoms with Crippen LogP contribution in [0.5, 0.6) is 0 Å². The van der Waals surface area contributed by atoms with Crippen LogP contribution >= 0.6 is 11.6 Å². The van der Waals surface area contributed by atoms with Gasteiger partial charge >= 0.3 is 0 Å². The minimum atomic E-state index is -1.06.